The zero-order chi connectivity index (χ0) is 14.8. The van der Waals surface area contributed by atoms with Gasteiger partial charge in [-0.25, -0.2) is 13.1 Å². The van der Waals surface area contributed by atoms with E-state index in [-0.39, 0.29) is 10.9 Å². The van der Waals surface area contributed by atoms with Crippen molar-refractivity contribution in [3.8, 4) is 0 Å². The Morgan fingerprint density at radius 1 is 1.25 bits per heavy atom. The smallest absolute Gasteiger partial charge is 0.240 e. The Morgan fingerprint density at radius 3 is 2.50 bits per heavy atom. The van der Waals surface area contributed by atoms with Crippen molar-refractivity contribution in [3.63, 3.8) is 0 Å². The third kappa shape index (κ3) is 3.10. The molecule has 2 atom stereocenters. The molecule has 1 aromatic rings. The molecule has 110 valence electrons. The maximum absolute atomic E-state index is 12.4. The zero-order valence-electron chi connectivity index (χ0n) is 11.9. The second-order valence-electron chi connectivity index (χ2n) is 5.86. The Morgan fingerprint density at radius 2 is 1.90 bits per heavy atom. The number of rotatable bonds is 4. The molecule has 0 amide bonds. The molecule has 0 radical (unpaired) electrons. The Kier molecular flexibility index (Phi) is 4.30. The minimum Gasteiger partial charge on any atom is -0.303 e. The molecule has 1 fully saturated rings. The fraction of sp³-hybridized carbons (Fsp3) is 0.533. The highest BCUT2D eigenvalue weighted by Crippen LogP contribution is 2.35. The maximum atomic E-state index is 12.4. The average Bonchev–Trinajstić information content (AvgIpc) is 2.42. The predicted octanol–water partition coefficient (Wildman–Crippen LogP) is 2.42. The van der Waals surface area contributed by atoms with E-state index in [0.29, 0.717) is 6.42 Å². The molecule has 0 bridgehead atoms. The fourth-order valence-corrected chi connectivity index (χ4v) is 4.06. The van der Waals surface area contributed by atoms with Gasteiger partial charge in [0.2, 0.25) is 10.0 Å². The Balaban J connectivity index is 2.23. The number of hydrogen-bond donors (Lipinski definition) is 1. The standard InChI is InChI=1S/C15H21NO3S/c1-12-6-8-13(9-7-12)20(18,19)16-14-5-3-4-10-15(14,2)11-17/h6-9,11,14,16H,3-5,10H2,1-2H3/t14-,15-/m0/s1. The molecule has 1 aliphatic rings. The molecule has 0 aromatic heterocycles. The lowest BCUT2D eigenvalue weighted by atomic mass is 9.73. The summed E-state index contributed by atoms with van der Waals surface area (Å²) in [5.74, 6) is 0. The van der Waals surface area contributed by atoms with E-state index in [2.05, 4.69) is 4.72 Å². The lowest BCUT2D eigenvalue weighted by Gasteiger charge is -2.37. The van der Waals surface area contributed by atoms with Gasteiger partial charge in [0.25, 0.3) is 0 Å². The highest BCUT2D eigenvalue weighted by atomic mass is 32.2. The van der Waals surface area contributed by atoms with Crippen LogP contribution in [0.1, 0.15) is 38.2 Å². The Labute approximate surface area is 120 Å². The lowest BCUT2D eigenvalue weighted by Crippen LogP contribution is -2.49. The van der Waals surface area contributed by atoms with Crippen molar-refractivity contribution in [1.82, 2.24) is 4.72 Å². The van der Waals surface area contributed by atoms with E-state index < -0.39 is 15.4 Å². The summed E-state index contributed by atoms with van der Waals surface area (Å²) in [5.41, 5.74) is 0.412. The maximum Gasteiger partial charge on any atom is 0.240 e. The van der Waals surface area contributed by atoms with Gasteiger partial charge in [0.1, 0.15) is 6.29 Å². The molecule has 0 aliphatic heterocycles. The predicted molar refractivity (Wildman–Crippen MR) is 77.9 cm³/mol. The summed E-state index contributed by atoms with van der Waals surface area (Å²) in [6, 6.07) is 6.42. The van der Waals surface area contributed by atoms with E-state index in [0.717, 1.165) is 31.1 Å². The van der Waals surface area contributed by atoms with Crippen molar-refractivity contribution in [2.24, 2.45) is 5.41 Å². The van der Waals surface area contributed by atoms with Crippen LogP contribution in [0, 0.1) is 12.3 Å². The molecule has 1 saturated carbocycles. The van der Waals surface area contributed by atoms with Crippen LogP contribution in [0.4, 0.5) is 0 Å². The van der Waals surface area contributed by atoms with E-state index in [1.165, 1.54) is 0 Å². The summed E-state index contributed by atoms with van der Waals surface area (Å²) in [6.07, 6.45) is 4.26. The monoisotopic (exact) mass is 295 g/mol. The minimum absolute atomic E-state index is 0.252. The van der Waals surface area contributed by atoms with E-state index in [1.807, 2.05) is 13.8 Å². The van der Waals surface area contributed by atoms with Crippen molar-refractivity contribution in [2.75, 3.05) is 0 Å². The van der Waals surface area contributed by atoms with Gasteiger partial charge in [-0.15, -0.1) is 0 Å². The SMILES string of the molecule is Cc1ccc(S(=O)(=O)N[C@H]2CCCC[C@@]2(C)C=O)cc1. The van der Waals surface area contributed by atoms with Crippen LogP contribution in [0.25, 0.3) is 0 Å². The van der Waals surface area contributed by atoms with Crippen LogP contribution >= 0.6 is 0 Å². The van der Waals surface area contributed by atoms with Gasteiger partial charge >= 0.3 is 0 Å². The van der Waals surface area contributed by atoms with Crippen LogP contribution in [0.2, 0.25) is 0 Å². The Bertz CT molecular complexity index is 580. The zero-order valence-corrected chi connectivity index (χ0v) is 12.7. The van der Waals surface area contributed by atoms with Gasteiger partial charge < -0.3 is 4.79 Å². The topological polar surface area (TPSA) is 63.2 Å². The molecular formula is C15H21NO3S. The first-order chi connectivity index (χ1) is 9.37. The van der Waals surface area contributed by atoms with Gasteiger partial charge in [-0.3, -0.25) is 0 Å². The first-order valence-corrected chi connectivity index (χ1v) is 8.41. The highest BCUT2D eigenvalue weighted by Gasteiger charge is 2.38. The third-order valence-electron chi connectivity index (χ3n) is 4.15. The number of nitrogens with one attached hydrogen (secondary N) is 1. The molecule has 2 rings (SSSR count). The van der Waals surface area contributed by atoms with Crippen LogP contribution in [0.5, 0.6) is 0 Å². The number of benzene rings is 1. The van der Waals surface area contributed by atoms with E-state index in [1.54, 1.807) is 24.3 Å². The number of sulfonamides is 1. The van der Waals surface area contributed by atoms with E-state index >= 15 is 0 Å². The second-order valence-corrected chi connectivity index (χ2v) is 7.57. The summed E-state index contributed by atoms with van der Waals surface area (Å²) in [5, 5.41) is 0. The normalized spacial score (nSPS) is 27.2. The number of aldehydes is 1. The Hall–Kier alpha value is -1.20. The van der Waals surface area contributed by atoms with Crippen molar-refractivity contribution in [2.45, 2.75) is 50.5 Å². The van der Waals surface area contributed by atoms with E-state index in [9.17, 15) is 13.2 Å². The van der Waals surface area contributed by atoms with Crippen LogP contribution in [-0.4, -0.2) is 20.7 Å². The van der Waals surface area contributed by atoms with Gasteiger partial charge in [0.05, 0.1) is 4.90 Å². The van der Waals surface area contributed by atoms with Crippen molar-refractivity contribution in [1.29, 1.82) is 0 Å². The first-order valence-electron chi connectivity index (χ1n) is 6.93. The third-order valence-corrected chi connectivity index (χ3v) is 5.64. The summed E-state index contributed by atoms with van der Waals surface area (Å²) in [7, 11) is -3.57. The van der Waals surface area contributed by atoms with Gasteiger partial charge in [-0.1, -0.05) is 37.5 Å². The molecule has 20 heavy (non-hydrogen) atoms. The number of carbonyl (C=O) groups excluding carboxylic acids is 1. The number of hydrogen-bond acceptors (Lipinski definition) is 3. The number of aryl methyl sites for hydroxylation is 1. The number of carbonyl (C=O) groups is 1. The van der Waals surface area contributed by atoms with E-state index in [4.69, 9.17) is 0 Å². The summed E-state index contributed by atoms with van der Waals surface area (Å²) >= 11 is 0. The largest absolute Gasteiger partial charge is 0.303 e. The quantitative estimate of drug-likeness (QED) is 0.868. The molecule has 4 nitrogen and oxygen atoms in total. The van der Waals surface area contributed by atoms with Crippen molar-refractivity contribution < 1.29 is 13.2 Å². The molecule has 1 aliphatic carbocycles. The van der Waals surface area contributed by atoms with Gasteiger partial charge in [-0.05, 0) is 31.9 Å². The summed E-state index contributed by atoms with van der Waals surface area (Å²) in [6.45, 7) is 3.75. The molecule has 0 spiro atoms. The summed E-state index contributed by atoms with van der Waals surface area (Å²) in [4.78, 5) is 11.6. The first kappa shape index (κ1) is 15.2. The molecule has 0 unspecified atom stereocenters. The molecule has 1 aromatic carbocycles. The molecular weight excluding hydrogens is 274 g/mol. The van der Waals surface area contributed by atoms with Gasteiger partial charge in [0, 0.05) is 11.5 Å². The second kappa shape index (κ2) is 5.66. The van der Waals surface area contributed by atoms with Crippen LogP contribution in [0.3, 0.4) is 0 Å². The molecule has 5 heteroatoms. The molecule has 0 saturated heterocycles. The molecule has 0 heterocycles. The van der Waals surface area contributed by atoms with Gasteiger partial charge in [0.15, 0.2) is 0 Å². The molecule has 1 N–H and O–H groups in total. The van der Waals surface area contributed by atoms with Crippen LogP contribution in [0.15, 0.2) is 29.2 Å². The average molecular weight is 295 g/mol. The fourth-order valence-electron chi connectivity index (χ4n) is 2.67. The minimum atomic E-state index is -3.57. The van der Waals surface area contributed by atoms with Gasteiger partial charge in [-0.2, -0.15) is 0 Å². The van der Waals surface area contributed by atoms with Crippen molar-refractivity contribution in [3.05, 3.63) is 29.8 Å². The van der Waals surface area contributed by atoms with Crippen LogP contribution in [-0.2, 0) is 14.8 Å². The van der Waals surface area contributed by atoms with Crippen LogP contribution < -0.4 is 4.72 Å². The summed E-state index contributed by atoms with van der Waals surface area (Å²) < 4.78 is 27.5. The lowest BCUT2D eigenvalue weighted by molar-refractivity contribution is -0.117. The highest BCUT2D eigenvalue weighted by molar-refractivity contribution is 7.89. The van der Waals surface area contributed by atoms with Crippen molar-refractivity contribution >= 4 is 16.3 Å².